The number of rotatable bonds is 4. The third-order valence-corrected chi connectivity index (χ3v) is 6.64. The van der Waals surface area contributed by atoms with E-state index in [0.29, 0.717) is 12.1 Å². The van der Waals surface area contributed by atoms with Crippen LogP contribution in [0, 0.1) is 6.92 Å². The third kappa shape index (κ3) is 3.10. The molecule has 0 spiro atoms. The molecule has 0 radical (unpaired) electrons. The quantitative estimate of drug-likeness (QED) is 0.651. The monoisotopic (exact) mass is 375 g/mol. The van der Waals surface area contributed by atoms with E-state index in [1.54, 1.807) is 24.3 Å². The molecule has 136 valence electrons. The van der Waals surface area contributed by atoms with E-state index in [4.69, 9.17) is 0 Å². The van der Waals surface area contributed by atoms with Crippen molar-refractivity contribution < 1.29 is 8.42 Å². The minimum absolute atomic E-state index is 0.238. The summed E-state index contributed by atoms with van der Waals surface area (Å²) in [5.74, 6) is 0. The molecular formula is C23H21NO2S. The Bertz CT molecular complexity index is 1030. The van der Waals surface area contributed by atoms with Gasteiger partial charge in [0.05, 0.1) is 10.3 Å². The van der Waals surface area contributed by atoms with Crippen molar-refractivity contribution in [2.45, 2.75) is 30.1 Å². The van der Waals surface area contributed by atoms with Gasteiger partial charge in [-0.05, 0) is 43.0 Å². The van der Waals surface area contributed by atoms with Gasteiger partial charge in [-0.1, -0.05) is 78.4 Å². The second kappa shape index (κ2) is 6.78. The molecule has 0 bridgehead atoms. The highest BCUT2D eigenvalue weighted by Crippen LogP contribution is 2.47. The van der Waals surface area contributed by atoms with Gasteiger partial charge in [-0.15, -0.1) is 0 Å². The Balaban J connectivity index is 1.85. The Morgan fingerprint density at radius 1 is 0.778 bits per heavy atom. The predicted octanol–water partition coefficient (Wildman–Crippen LogP) is 4.90. The van der Waals surface area contributed by atoms with Gasteiger partial charge in [0.25, 0.3) is 10.0 Å². The van der Waals surface area contributed by atoms with Crippen LogP contribution >= 0.6 is 0 Å². The fraction of sp³-hybridized carbons (Fsp3) is 0.174. The Morgan fingerprint density at radius 2 is 1.30 bits per heavy atom. The smallest absolute Gasteiger partial charge is 0.199 e. The Kier molecular flexibility index (Phi) is 4.44. The first-order valence-corrected chi connectivity index (χ1v) is 10.5. The Hall–Kier alpha value is -2.72. The van der Waals surface area contributed by atoms with E-state index in [-0.39, 0.29) is 4.90 Å². The maximum atomic E-state index is 12.9. The van der Waals surface area contributed by atoms with Crippen LogP contribution in [0.2, 0.25) is 0 Å². The van der Waals surface area contributed by atoms with Crippen LogP contribution < -0.4 is 0 Å². The van der Waals surface area contributed by atoms with Crippen molar-refractivity contribution in [3.8, 4) is 0 Å². The zero-order valence-electron chi connectivity index (χ0n) is 15.2. The zero-order valence-corrected chi connectivity index (χ0v) is 16.0. The average molecular weight is 375 g/mol. The highest BCUT2D eigenvalue weighted by atomic mass is 32.2. The van der Waals surface area contributed by atoms with E-state index in [0.717, 1.165) is 23.1 Å². The van der Waals surface area contributed by atoms with E-state index in [1.807, 2.05) is 43.3 Å². The molecule has 27 heavy (non-hydrogen) atoms. The van der Waals surface area contributed by atoms with E-state index in [2.05, 4.69) is 28.7 Å². The normalized spacial score (nSPS) is 17.4. The highest BCUT2D eigenvalue weighted by molar-refractivity contribution is 7.90. The molecule has 1 fully saturated rings. The van der Waals surface area contributed by atoms with E-state index in [1.165, 1.54) is 0 Å². The summed E-state index contributed by atoms with van der Waals surface area (Å²) in [7, 11) is -3.74. The number of sulfonamides is 1. The molecule has 1 aliphatic carbocycles. The van der Waals surface area contributed by atoms with E-state index in [9.17, 15) is 8.42 Å². The van der Waals surface area contributed by atoms with Crippen molar-refractivity contribution in [3.63, 3.8) is 0 Å². The summed E-state index contributed by atoms with van der Waals surface area (Å²) in [6.07, 6.45) is 1.53. The van der Waals surface area contributed by atoms with Gasteiger partial charge in [-0.25, -0.2) is 0 Å². The Morgan fingerprint density at radius 3 is 1.74 bits per heavy atom. The van der Waals surface area contributed by atoms with E-state index >= 15 is 0 Å². The SMILES string of the molecule is Cc1ccc(S(=O)(=O)N=C2CCC2(c2ccccc2)c2ccccc2)cc1. The minimum atomic E-state index is -3.74. The van der Waals surface area contributed by atoms with Gasteiger partial charge in [0.15, 0.2) is 0 Å². The van der Waals surface area contributed by atoms with Gasteiger partial charge in [-0.3, -0.25) is 0 Å². The summed E-state index contributed by atoms with van der Waals surface area (Å²) in [6, 6.07) is 27.0. The lowest BCUT2D eigenvalue weighted by molar-refractivity contribution is 0.540. The summed E-state index contributed by atoms with van der Waals surface area (Å²) in [4.78, 5) is 0.238. The van der Waals surface area contributed by atoms with Crippen LogP contribution in [0.25, 0.3) is 0 Å². The summed E-state index contributed by atoms with van der Waals surface area (Å²) in [5.41, 5.74) is 3.43. The molecule has 0 heterocycles. The maximum Gasteiger partial charge on any atom is 0.282 e. The summed E-state index contributed by atoms with van der Waals surface area (Å²) < 4.78 is 30.1. The summed E-state index contributed by atoms with van der Waals surface area (Å²) in [6.45, 7) is 1.93. The van der Waals surface area contributed by atoms with Crippen LogP contribution in [0.15, 0.2) is 94.2 Å². The number of hydrogen-bond acceptors (Lipinski definition) is 2. The summed E-state index contributed by atoms with van der Waals surface area (Å²) >= 11 is 0. The first-order valence-electron chi connectivity index (χ1n) is 9.04. The van der Waals surface area contributed by atoms with Crippen LogP contribution in [-0.4, -0.2) is 14.1 Å². The molecule has 0 unspecified atom stereocenters. The lowest BCUT2D eigenvalue weighted by Gasteiger charge is -2.44. The lowest BCUT2D eigenvalue weighted by Crippen LogP contribution is -2.46. The molecule has 0 N–H and O–H groups in total. The van der Waals surface area contributed by atoms with Gasteiger partial charge in [0.1, 0.15) is 0 Å². The van der Waals surface area contributed by atoms with Gasteiger partial charge in [0, 0.05) is 5.71 Å². The van der Waals surface area contributed by atoms with Gasteiger partial charge in [0.2, 0.25) is 0 Å². The van der Waals surface area contributed by atoms with Gasteiger partial charge < -0.3 is 0 Å². The standard InChI is InChI=1S/C23H21NO2S/c1-18-12-14-21(15-13-18)27(25,26)24-22-16-17-23(22,19-8-4-2-5-9-19)20-10-6-3-7-11-20/h2-15H,16-17H2,1H3. The third-order valence-electron chi connectivity index (χ3n) is 5.31. The molecule has 0 saturated heterocycles. The van der Waals surface area contributed by atoms with Crippen molar-refractivity contribution >= 4 is 15.7 Å². The molecule has 3 aromatic rings. The Labute approximate surface area is 160 Å². The lowest BCUT2D eigenvalue weighted by atomic mass is 9.59. The molecule has 3 aromatic carbocycles. The van der Waals surface area contributed by atoms with Crippen LogP contribution in [0.3, 0.4) is 0 Å². The topological polar surface area (TPSA) is 46.5 Å². The molecular weight excluding hydrogens is 354 g/mol. The fourth-order valence-corrected chi connectivity index (χ4v) is 4.87. The first-order chi connectivity index (χ1) is 13.0. The molecule has 3 nitrogen and oxygen atoms in total. The van der Waals surface area contributed by atoms with Crippen LogP contribution in [-0.2, 0) is 15.4 Å². The average Bonchev–Trinajstić information content (AvgIpc) is 2.68. The molecule has 0 amide bonds. The number of nitrogens with zero attached hydrogens (tertiary/aromatic N) is 1. The van der Waals surface area contributed by atoms with Crippen LogP contribution in [0.1, 0.15) is 29.5 Å². The van der Waals surface area contributed by atoms with Crippen LogP contribution in [0.5, 0.6) is 0 Å². The van der Waals surface area contributed by atoms with Gasteiger partial charge in [-0.2, -0.15) is 12.8 Å². The molecule has 4 heteroatoms. The molecule has 0 aliphatic heterocycles. The van der Waals surface area contributed by atoms with Crippen molar-refractivity contribution in [1.29, 1.82) is 0 Å². The largest absolute Gasteiger partial charge is 0.282 e. The predicted molar refractivity (Wildman–Crippen MR) is 109 cm³/mol. The van der Waals surface area contributed by atoms with Crippen molar-refractivity contribution in [3.05, 3.63) is 102 Å². The fourth-order valence-electron chi connectivity index (χ4n) is 3.75. The zero-order chi connectivity index (χ0) is 18.9. The second-order valence-electron chi connectivity index (χ2n) is 6.96. The molecule has 0 aromatic heterocycles. The van der Waals surface area contributed by atoms with Gasteiger partial charge >= 0.3 is 0 Å². The minimum Gasteiger partial charge on any atom is -0.199 e. The first kappa shape index (κ1) is 17.7. The van der Waals surface area contributed by atoms with Crippen molar-refractivity contribution in [1.82, 2.24) is 0 Å². The van der Waals surface area contributed by atoms with Crippen molar-refractivity contribution in [2.75, 3.05) is 0 Å². The number of hydrogen-bond donors (Lipinski definition) is 0. The molecule has 1 saturated carbocycles. The molecule has 1 aliphatic rings. The van der Waals surface area contributed by atoms with Crippen molar-refractivity contribution in [2.24, 2.45) is 4.40 Å². The summed E-state index contributed by atoms with van der Waals surface area (Å²) in [5, 5.41) is 0. The highest BCUT2D eigenvalue weighted by Gasteiger charge is 2.47. The molecule has 0 atom stereocenters. The van der Waals surface area contributed by atoms with Crippen LogP contribution in [0.4, 0.5) is 0 Å². The molecule has 4 rings (SSSR count). The maximum absolute atomic E-state index is 12.9. The number of benzene rings is 3. The second-order valence-corrected chi connectivity index (χ2v) is 8.57. The van der Waals surface area contributed by atoms with E-state index < -0.39 is 15.4 Å². The number of aryl methyl sites for hydroxylation is 1.